The second-order valence-electron chi connectivity index (χ2n) is 11.3. The van der Waals surface area contributed by atoms with Gasteiger partial charge in [0.2, 0.25) is 11.8 Å². The Morgan fingerprint density at radius 3 is 2.40 bits per heavy atom. The maximum absolute atomic E-state index is 14.5. The number of fused-ring (bicyclic) bond motifs is 1. The zero-order valence-corrected chi connectivity index (χ0v) is 26.3. The zero-order valence-electron chi connectivity index (χ0n) is 25.5. The summed E-state index contributed by atoms with van der Waals surface area (Å²) in [5, 5.41) is 0.946. The van der Waals surface area contributed by atoms with Gasteiger partial charge in [-0.25, -0.2) is 4.98 Å². The number of amides is 2. The van der Waals surface area contributed by atoms with Crippen LogP contribution in [0.5, 0.6) is 0 Å². The summed E-state index contributed by atoms with van der Waals surface area (Å²) in [5.41, 5.74) is 6.95. The molecule has 0 N–H and O–H groups in total. The SMILES string of the molecule is Cc1nc(C)c(C=CC(=O)N(Cc2ccc(-c3cnccn3)cc2)C(Cc2ccccc2)C(=O)N2CCc3ccccc3C2)s1. The highest BCUT2D eigenvalue weighted by Crippen LogP contribution is 2.25. The maximum Gasteiger partial charge on any atom is 0.247 e. The average molecular weight is 614 g/mol. The molecule has 3 aromatic carbocycles. The van der Waals surface area contributed by atoms with E-state index in [-0.39, 0.29) is 18.4 Å². The van der Waals surface area contributed by atoms with E-state index in [0.29, 0.717) is 19.5 Å². The van der Waals surface area contributed by atoms with Crippen molar-refractivity contribution in [1.29, 1.82) is 0 Å². The summed E-state index contributed by atoms with van der Waals surface area (Å²) in [6, 6.07) is 25.5. The van der Waals surface area contributed by atoms with E-state index in [1.165, 1.54) is 5.56 Å². The minimum absolute atomic E-state index is 0.0453. The van der Waals surface area contributed by atoms with Crippen LogP contribution in [0.25, 0.3) is 17.3 Å². The van der Waals surface area contributed by atoms with Gasteiger partial charge in [-0.15, -0.1) is 11.3 Å². The first-order valence-corrected chi connectivity index (χ1v) is 15.9. The van der Waals surface area contributed by atoms with Gasteiger partial charge < -0.3 is 9.80 Å². The molecule has 2 amide bonds. The van der Waals surface area contributed by atoms with Gasteiger partial charge in [-0.1, -0.05) is 78.9 Å². The van der Waals surface area contributed by atoms with Gasteiger partial charge in [-0.2, -0.15) is 0 Å². The standard InChI is InChI=1S/C37H35N5O2S/c1-26-35(45-27(2)40-26)16-17-36(43)42(24-29-12-14-31(15-13-29)33-23-38-19-20-39-33)34(22-28-8-4-3-5-9-28)37(44)41-21-18-30-10-6-7-11-32(30)25-41/h3-17,19-20,23,34H,18,21-22,24-25H2,1-2H3. The van der Waals surface area contributed by atoms with Gasteiger partial charge in [0, 0.05) is 50.1 Å². The fraction of sp³-hybridized carbons (Fsp3) is 0.216. The summed E-state index contributed by atoms with van der Waals surface area (Å²) < 4.78 is 0. The fourth-order valence-electron chi connectivity index (χ4n) is 5.77. The Hall–Kier alpha value is -4.95. The summed E-state index contributed by atoms with van der Waals surface area (Å²) in [5.74, 6) is -0.263. The first-order valence-electron chi connectivity index (χ1n) is 15.1. The number of benzene rings is 3. The number of rotatable bonds is 9. The van der Waals surface area contributed by atoms with E-state index in [1.54, 1.807) is 40.9 Å². The van der Waals surface area contributed by atoms with E-state index in [4.69, 9.17) is 0 Å². The molecule has 6 rings (SSSR count). The van der Waals surface area contributed by atoms with Crippen LogP contribution >= 0.6 is 11.3 Å². The lowest BCUT2D eigenvalue weighted by molar-refractivity contribution is -0.144. The summed E-state index contributed by atoms with van der Waals surface area (Å²) in [7, 11) is 0. The average Bonchev–Trinajstić information content (AvgIpc) is 3.41. The molecule has 0 saturated carbocycles. The minimum atomic E-state index is -0.696. The van der Waals surface area contributed by atoms with Crippen LogP contribution in [0.2, 0.25) is 0 Å². The molecule has 0 aliphatic carbocycles. The van der Waals surface area contributed by atoms with Crippen LogP contribution in [0.4, 0.5) is 0 Å². The smallest absolute Gasteiger partial charge is 0.247 e. The van der Waals surface area contributed by atoms with Crippen LogP contribution in [0.3, 0.4) is 0 Å². The third-order valence-electron chi connectivity index (χ3n) is 8.14. The van der Waals surface area contributed by atoms with E-state index in [1.807, 2.05) is 91.6 Å². The number of carbonyl (C=O) groups is 2. The number of hydrogen-bond acceptors (Lipinski definition) is 6. The Kier molecular flexibility index (Phi) is 9.22. The van der Waals surface area contributed by atoms with Crippen molar-refractivity contribution in [3.8, 4) is 11.3 Å². The maximum atomic E-state index is 14.5. The Morgan fingerprint density at radius 2 is 1.69 bits per heavy atom. The lowest BCUT2D eigenvalue weighted by atomic mass is 9.97. The minimum Gasteiger partial charge on any atom is -0.336 e. The fourth-order valence-corrected chi connectivity index (χ4v) is 6.60. The number of aryl methyl sites for hydroxylation is 2. The van der Waals surface area contributed by atoms with Crippen LogP contribution in [0, 0.1) is 13.8 Å². The lowest BCUT2D eigenvalue weighted by Crippen LogP contribution is -2.52. The van der Waals surface area contributed by atoms with Crippen molar-refractivity contribution in [3.63, 3.8) is 0 Å². The summed E-state index contributed by atoms with van der Waals surface area (Å²) in [6.45, 7) is 5.33. The van der Waals surface area contributed by atoms with Gasteiger partial charge in [0.05, 0.1) is 27.5 Å². The van der Waals surface area contributed by atoms with E-state index in [2.05, 4.69) is 27.1 Å². The number of hydrogen-bond donors (Lipinski definition) is 0. The summed E-state index contributed by atoms with van der Waals surface area (Å²) in [4.78, 5) is 46.4. The highest BCUT2D eigenvalue weighted by Gasteiger charge is 2.34. The van der Waals surface area contributed by atoms with Crippen LogP contribution in [-0.2, 0) is 35.5 Å². The summed E-state index contributed by atoms with van der Waals surface area (Å²) in [6.07, 6.45) is 9.66. The zero-order chi connectivity index (χ0) is 31.2. The Morgan fingerprint density at radius 1 is 0.933 bits per heavy atom. The molecule has 0 radical (unpaired) electrons. The van der Waals surface area contributed by atoms with E-state index in [9.17, 15) is 9.59 Å². The van der Waals surface area contributed by atoms with Crippen molar-refractivity contribution in [2.45, 2.75) is 45.8 Å². The van der Waals surface area contributed by atoms with Crippen molar-refractivity contribution in [1.82, 2.24) is 24.8 Å². The molecule has 7 nitrogen and oxygen atoms in total. The third kappa shape index (κ3) is 7.24. The predicted octanol–water partition coefficient (Wildman–Crippen LogP) is 6.46. The molecule has 1 aliphatic heterocycles. The number of aromatic nitrogens is 3. The van der Waals surface area contributed by atoms with Crippen LogP contribution in [-0.4, -0.2) is 49.2 Å². The quantitative estimate of drug-likeness (QED) is 0.179. The van der Waals surface area contributed by atoms with Crippen LogP contribution in [0.15, 0.2) is 104 Å². The molecule has 226 valence electrons. The van der Waals surface area contributed by atoms with Gasteiger partial charge in [0.25, 0.3) is 0 Å². The van der Waals surface area contributed by atoms with Crippen molar-refractivity contribution >= 4 is 29.2 Å². The second kappa shape index (κ2) is 13.8. The molecule has 0 bridgehead atoms. The largest absolute Gasteiger partial charge is 0.336 e. The van der Waals surface area contributed by atoms with Crippen molar-refractivity contribution < 1.29 is 9.59 Å². The van der Waals surface area contributed by atoms with E-state index in [0.717, 1.165) is 49.9 Å². The molecule has 0 spiro atoms. The molecule has 8 heteroatoms. The molecule has 2 aromatic heterocycles. The van der Waals surface area contributed by atoms with Gasteiger partial charge in [-0.05, 0) is 48.6 Å². The molecule has 45 heavy (non-hydrogen) atoms. The Bertz CT molecular complexity index is 1800. The van der Waals surface area contributed by atoms with Crippen molar-refractivity contribution in [3.05, 3.63) is 141 Å². The highest BCUT2D eigenvalue weighted by molar-refractivity contribution is 7.12. The molecule has 0 fully saturated rings. The number of thiazole rings is 1. The first-order chi connectivity index (χ1) is 21.9. The van der Waals surface area contributed by atoms with Crippen LogP contribution in [0.1, 0.15) is 37.8 Å². The Balaban J connectivity index is 1.35. The van der Waals surface area contributed by atoms with Crippen molar-refractivity contribution in [2.75, 3.05) is 6.54 Å². The molecule has 0 saturated heterocycles. The van der Waals surface area contributed by atoms with Gasteiger partial charge >= 0.3 is 0 Å². The van der Waals surface area contributed by atoms with Crippen LogP contribution < -0.4 is 0 Å². The molecule has 5 aromatic rings. The third-order valence-corrected chi connectivity index (χ3v) is 9.18. The van der Waals surface area contributed by atoms with Gasteiger partial charge in [-0.3, -0.25) is 19.6 Å². The molecule has 1 aliphatic rings. The first kappa shape index (κ1) is 30.1. The van der Waals surface area contributed by atoms with E-state index >= 15 is 0 Å². The van der Waals surface area contributed by atoms with Gasteiger partial charge in [0.15, 0.2) is 0 Å². The summed E-state index contributed by atoms with van der Waals surface area (Å²) >= 11 is 1.55. The monoisotopic (exact) mass is 613 g/mol. The molecular formula is C37H35N5O2S. The highest BCUT2D eigenvalue weighted by atomic mass is 32.1. The molecule has 1 atom stereocenters. The normalized spacial score (nSPS) is 13.4. The molecular weight excluding hydrogens is 579 g/mol. The van der Waals surface area contributed by atoms with E-state index < -0.39 is 6.04 Å². The Labute approximate surface area is 267 Å². The molecule has 1 unspecified atom stereocenters. The van der Waals surface area contributed by atoms with Gasteiger partial charge in [0.1, 0.15) is 6.04 Å². The molecule has 3 heterocycles. The topological polar surface area (TPSA) is 79.3 Å². The second-order valence-corrected chi connectivity index (χ2v) is 12.5. The number of carbonyl (C=O) groups excluding carboxylic acids is 2. The lowest BCUT2D eigenvalue weighted by Gasteiger charge is -2.37. The van der Waals surface area contributed by atoms with Crippen molar-refractivity contribution in [2.24, 2.45) is 0 Å². The number of nitrogens with zero attached hydrogens (tertiary/aromatic N) is 5. The predicted molar refractivity (Wildman–Crippen MR) is 178 cm³/mol.